The second-order valence-electron chi connectivity index (χ2n) is 7.54. The third-order valence-electron chi connectivity index (χ3n) is 5.80. The number of benzene rings is 1. The van der Waals surface area contributed by atoms with Crippen LogP contribution in [0.1, 0.15) is 30.3 Å². The Morgan fingerprint density at radius 3 is 2.57 bits per heavy atom. The molecular weight excluding hydrogens is 396 g/mol. The molecule has 1 atom stereocenters. The van der Waals surface area contributed by atoms with Gasteiger partial charge in [0, 0.05) is 44.1 Å². The van der Waals surface area contributed by atoms with E-state index in [0.29, 0.717) is 6.54 Å². The zero-order valence-corrected chi connectivity index (χ0v) is 19.2. The molecule has 0 aliphatic carbocycles. The number of amides is 2. The van der Waals surface area contributed by atoms with Crippen LogP contribution in [0.5, 0.6) is 5.75 Å². The average molecular weight is 431 g/mol. The Kier molecular flexibility index (Phi) is 8.54. The number of methoxy groups -OCH3 is 1. The third-order valence-corrected chi connectivity index (χ3v) is 6.66. The summed E-state index contributed by atoms with van der Waals surface area (Å²) in [5, 5.41) is 5.30. The predicted molar refractivity (Wildman–Crippen MR) is 123 cm³/mol. The molecule has 1 fully saturated rings. The van der Waals surface area contributed by atoms with Crippen LogP contribution in [-0.4, -0.2) is 73.7 Å². The number of carbonyl (C=O) groups excluding carboxylic acids is 1. The van der Waals surface area contributed by atoms with E-state index in [1.165, 1.54) is 10.4 Å². The van der Waals surface area contributed by atoms with Gasteiger partial charge >= 0.3 is 6.03 Å². The molecule has 6 nitrogen and oxygen atoms in total. The van der Waals surface area contributed by atoms with E-state index >= 15 is 0 Å². The standard InChI is InChI=1S/C23H34N4O2S/c1-4-26(5-2)22(19-8-6-9-20(16-19)29-3)17-24-23(28)27-13-11-25(12-14-27)18-21-10-7-15-30-21/h6-10,15-16,22H,4-5,11-14,17-18H2,1-3H3,(H,24,28). The molecule has 1 aromatic carbocycles. The summed E-state index contributed by atoms with van der Waals surface area (Å²) in [6.45, 7) is 11.1. The molecule has 1 N–H and O–H groups in total. The minimum atomic E-state index is 0.0332. The Morgan fingerprint density at radius 1 is 1.17 bits per heavy atom. The molecule has 0 radical (unpaired) electrons. The minimum absolute atomic E-state index is 0.0332. The van der Waals surface area contributed by atoms with E-state index < -0.39 is 0 Å². The van der Waals surface area contributed by atoms with Gasteiger partial charge in [0.2, 0.25) is 0 Å². The maximum absolute atomic E-state index is 12.8. The van der Waals surface area contributed by atoms with Crippen LogP contribution in [0, 0.1) is 0 Å². The highest BCUT2D eigenvalue weighted by molar-refractivity contribution is 7.09. The van der Waals surface area contributed by atoms with Gasteiger partial charge in [0.05, 0.1) is 13.2 Å². The van der Waals surface area contributed by atoms with Gasteiger partial charge in [-0.05, 0) is 42.2 Å². The summed E-state index contributed by atoms with van der Waals surface area (Å²) in [6, 6.07) is 12.6. The Bertz CT molecular complexity index is 771. The monoisotopic (exact) mass is 430 g/mol. The number of urea groups is 1. The van der Waals surface area contributed by atoms with E-state index in [9.17, 15) is 4.79 Å². The van der Waals surface area contributed by atoms with E-state index in [2.05, 4.69) is 58.6 Å². The van der Waals surface area contributed by atoms with Gasteiger partial charge in [0.1, 0.15) is 5.75 Å². The second kappa shape index (κ2) is 11.3. The van der Waals surface area contributed by atoms with Crippen molar-refractivity contribution in [2.45, 2.75) is 26.4 Å². The molecule has 1 saturated heterocycles. The van der Waals surface area contributed by atoms with E-state index in [1.54, 1.807) is 18.4 Å². The molecule has 7 heteroatoms. The van der Waals surface area contributed by atoms with Crippen molar-refractivity contribution in [1.82, 2.24) is 20.0 Å². The fourth-order valence-electron chi connectivity index (χ4n) is 4.00. The fourth-order valence-corrected chi connectivity index (χ4v) is 4.74. The summed E-state index contributed by atoms with van der Waals surface area (Å²) in [6.07, 6.45) is 0. The molecule has 1 aromatic heterocycles. The largest absolute Gasteiger partial charge is 0.497 e. The van der Waals surface area contributed by atoms with Gasteiger partial charge in [-0.2, -0.15) is 0 Å². The number of nitrogens with one attached hydrogen (secondary N) is 1. The van der Waals surface area contributed by atoms with Crippen LogP contribution in [0.4, 0.5) is 4.79 Å². The normalized spacial score (nSPS) is 15.9. The van der Waals surface area contributed by atoms with Gasteiger partial charge in [0.25, 0.3) is 0 Å². The van der Waals surface area contributed by atoms with E-state index in [4.69, 9.17) is 4.74 Å². The number of piperazine rings is 1. The Morgan fingerprint density at radius 2 is 1.93 bits per heavy atom. The summed E-state index contributed by atoms with van der Waals surface area (Å²) in [4.78, 5) is 20.9. The number of thiophene rings is 1. The summed E-state index contributed by atoms with van der Waals surface area (Å²) in [7, 11) is 1.69. The molecule has 1 unspecified atom stereocenters. The lowest BCUT2D eigenvalue weighted by atomic mass is 10.0. The Hall–Kier alpha value is -2.09. The number of hydrogen-bond donors (Lipinski definition) is 1. The van der Waals surface area contributed by atoms with Crippen molar-refractivity contribution in [1.29, 1.82) is 0 Å². The van der Waals surface area contributed by atoms with Gasteiger partial charge in [-0.3, -0.25) is 9.80 Å². The minimum Gasteiger partial charge on any atom is -0.497 e. The molecule has 2 amide bonds. The quantitative estimate of drug-likeness (QED) is 0.660. The number of likely N-dealkylation sites (N-methyl/N-ethyl adjacent to an activating group) is 1. The van der Waals surface area contributed by atoms with Crippen LogP contribution in [0.15, 0.2) is 41.8 Å². The number of ether oxygens (including phenoxy) is 1. The lowest BCUT2D eigenvalue weighted by Gasteiger charge is -2.35. The Balaban J connectivity index is 1.55. The van der Waals surface area contributed by atoms with Crippen molar-refractivity contribution in [3.63, 3.8) is 0 Å². The topological polar surface area (TPSA) is 48.1 Å². The average Bonchev–Trinajstić information content (AvgIpc) is 3.30. The highest BCUT2D eigenvalue weighted by atomic mass is 32.1. The maximum atomic E-state index is 12.8. The zero-order valence-electron chi connectivity index (χ0n) is 18.3. The van der Waals surface area contributed by atoms with Gasteiger partial charge < -0.3 is 15.0 Å². The highest BCUT2D eigenvalue weighted by Crippen LogP contribution is 2.24. The van der Waals surface area contributed by atoms with Crippen LogP contribution in [0.2, 0.25) is 0 Å². The van der Waals surface area contributed by atoms with Crippen molar-refractivity contribution in [2.24, 2.45) is 0 Å². The predicted octanol–water partition coefficient (Wildman–Crippen LogP) is 3.67. The van der Waals surface area contributed by atoms with Crippen molar-refractivity contribution in [2.75, 3.05) is 52.9 Å². The first-order valence-electron chi connectivity index (χ1n) is 10.8. The molecule has 1 aliphatic heterocycles. The van der Waals surface area contributed by atoms with Gasteiger partial charge in [-0.1, -0.05) is 32.0 Å². The number of carbonyl (C=O) groups is 1. The molecule has 2 heterocycles. The van der Waals surface area contributed by atoms with Crippen LogP contribution >= 0.6 is 11.3 Å². The van der Waals surface area contributed by atoms with Crippen molar-refractivity contribution < 1.29 is 9.53 Å². The first-order valence-corrected chi connectivity index (χ1v) is 11.7. The summed E-state index contributed by atoms with van der Waals surface area (Å²) in [5.41, 5.74) is 1.17. The van der Waals surface area contributed by atoms with Crippen LogP contribution in [0.25, 0.3) is 0 Å². The second-order valence-corrected chi connectivity index (χ2v) is 8.57. The third kappa shape index (κ3) is 5.97. The van der Waals surface area contributed by atoms with Crippen LogP contribution in [0.3, 0.4) is 0 Å². The van der Waals surface area contributed by atoms with Gasteiger partial charge in [-0.25, -0.2) is 4.79 Å². The summed E-state index contributed by atoms with van der Waals surface area (Å²) >= 11 is 1.79. The van der Waals surface area contributed by atoms with E-state index in [0.717, 1.165) is 51.6 Å². The summed E-state index contributed by atoms with van der Waals surface area (Å²) < 4.78 is 5.40. The van der Waals surface area contributed by atoms with E-state index in [1.807, 2.05) is 17.0 Å². The Labute approximate surface area is 184 Å². The highest BCUT2D eigenvalue weighted by Gasteiger charge is 2.24. The number of hydrogen-bond acceptors (Lipinski definition) is 5. The lowest BCUT2D eigenvalue weighted by molar-refractivity contribution is 0.132. The zero-order chi connectivity index (χ0) is 21.3. The van der Waals surface area contributed by atoms with Gasteiger partial charge in [0.15, 0.2) is 0 Å². The SMILES string of the molecule is CCN(CC)C(CNC(=O)N1CCN(Cc2cccs2)CC1)c1cccc(OC)c1. The molecule has 1 aliphatic rings. The van der Waals surface area contributed by atoms with Gasteiger partial charge in [-0.15, -0.1) is 11.3 Å². The first-order chi connectivity index (χ1) is 14.6. The molecule has 2 aromatic rings. The van der Waals surface area contributed by atoms with Crippen molar-refractivity contribution in [3.05, 3.63) is 52.2 Å². The summed E-state index contributed by atoms with van der Waals surface area (Å²) in [5.74, 6) is 0.845. The lowest BCUT2D eigenvalue weighted by Crippen LogP contribution is -2.52. The van der Waals surface area contributed by atoms with E-state index in [-0.39, 0.29) is 12.1 Å². The molecule has 0 spiro atoms. The number of nitrogens with zero attached hydrogens (tertiary/aromatic N) is 3. The molecule has 0 saturated carbocycles. The number of rotatable bonds is 9. The maximum Gasteiger partial charge on any atom is 0.317 e. The van der Waals surface area contributed by atoms with Crippen LogP contribution in [-0.2, 0) is 6.54 Å². The molecule has 164 valence electrons. The van der Waals surface area contributed by atoms with Crippen molar-refractivity contribution in [3.8, 4) is 5.75 Å². The molecule has 0 bridgehead atoms. The molecule has 30 heavy (non-hydrogen) atoms. The van der Waals surface area contributed by atoms with Crippen molar-refractivity contribution >= 4 is 17.4 Å². The van der Waals surface area contributed by atoms with Crippen LogP contribution < -0.4 is 10.1 Å². The fraction of sp³-hybridized carbons (Fsp3) is 0.522. The molecule has 3 rings (SSSR count). The smallest absolute Gasteiger partial charge is 0.317 e. The molecular formula is C23H34N4O2S. The first kappa shape index (κ1) is 22.6.